The number of hydrogen-bond donors (Lipinski definition) is 1. The van der Waals surface area contributed by atoms with Gasteiger partial charge >= 0.3 is 0 Å². The fourth-order valence-electron chi connectivity index (χ4n) is 3.46. The van der Waals surface area contributed by atoms with Crippen molar-refractivity contribution in [1.82, 2.24) is 4.98 Å². The molecule has 1 saturated heterocycles. The van der Waals surface area contributed by atoms with Crippen LogP contribution < -0.4 is 9.64 Å². The quantitative estimate of drug-likeness (QED) is 0.628. The van der Waals surface area contributed by atoms with E-state index in [0.29, 0.717) is 22.6 Å². The van der Waals surface area contributed by atoms with Gasteiger partial charge in [-0.05, 0) is 60.4 Å². The molecule has 0 amide bonds. The van der Waals surface area contributed by atoms with Gasteiger partial charge in [0.25, 0.3) is 0 Å². The van der Waals surface area contributed by atoms with E-state index in [9.17, 15) is 9.50 Å². The van der Waals surface area contributed by atoms with E-state index in [1.54, 1.807) is 37.4 Å². The molecule has 2 heterocycles. The maximum Gasteiger partial charge on any atom is 0.142 e. The molecule has 0 saturated carbocycles. The maximum absolute atomic E-state index is 14.0. The highest BCUT2D eigenvalue weighted by molar-refractivity contribution is 6.30. The Kier molecular flexibility index (Phi) is 5.09. The summed E-state index contributed by atoms with van der Waals surface area (Å²) in [6.45, 7) is 1.86. The molecule has 0 spiro atoms. The van der Waals surface area contributed by atoms with Crippen LogP contribution in [-0.2, 0) is 0 Å². The summed E-state index contributed by atoms with van der Waals surface area (Å²) >= 11 is 5.84. The zero-order valence-electron chi connectivity index (χ0n) is 15.5. The Bertz CT molecular complexity index is 1020. The zero-order chi connectivity index (χ0) is 19.7. The third-order valence-electron chi connectivity index (χ3n) is 4.98. The average molecular weight is 399 g/mol. The topological polar surface area (TPSA) is 45.6 Å². The molecule has 0 aliphatic carbocycles. The molecule has 3 aromatic rings. The van der Waals surface area contributed by atoms with E-state index in [2.05, 4.69) is 4.90 Å². The minimum absolute atomic E-state index is 0.0821. The summed E-state index contributed by atoms with van der Waals surface area (Å²) in [6, 6.07) is 13.7. The van der Waals surface area contributed by atoms with Crippen LogP contribution in [0.2, 0.25) is 5.02 Å². The van der Waals surface area contributed by atoms with Crippen LogP contribution in [0.3, 0.4) is 0 Å². The molecule has 0 atom stereocenters. The summed E-state index contributed by atoms with van der Waals surface area (Å²) in [5.74, 6) is 0.999. The highest BCUT2D eigenvalue weighted by Crippen LogP contribution is 2.36. The number of hydrogen-bond acceptors (Lipinski definition) is 4. The molecule has 1 aromatic heterocycles. The largest absolute Gasteiger partial charge is 0.507 e. The Labute approximate surface area is 168 Å². The van der Waals surface area contributed by atoms with Gasteiger partial charge in [-0.15, -0.1) is 0 Å². The van der Waals surface area contributed by atoms with Crippen molar-refractivity contribution in [3.63, 3.8) is 0 Å². The standard InChI is InChI=1S/C22H20ClFN2O2/c1-28-16-5-6-17(21(27)13-16)20-11-15(14-4-7-18(23)19(24)10-14)12-22(25-20)26-8-2-3-9-26/h4-7,10-13,27H,2-3,8-9H2,1H3. The second kappa shape index (κ2) is 7.68. The Hall–Kier alpha value is -2.79. The van der Waals surface area contributed by atoms with Gasteiger partial charge in [-0.3, -0.25) is 0 Å². The lowest BCUT2D eigenvalue weighted by Crippen LogP contribution is -2.19. The Morgan fingerprint density at radius 1 is 1.04 bits per heavy atom. The van der Waals surface area contributed by atoms with E-state index in [1.165, 1.54) is 6.07 Å². The van der Waals surface area contributed by atoms with Crippen molar-refractivity contribution in [3.8, 4) is 33.9 Å². The molecule has 0 bridgehead atoms. The third kappa shape index (κ3) is 3.62. The van der Waals surface area contributed by atoms with Crippen LogP contribution in [0.5, 0.6) is 11.5 Å². The van der Waals surface area contributed by atoms with Crippen LogP contribution in [0, 0.1) is 5.82 Å². The van der Waals surface area contributed by atoms with Crippen molar-refractivity contribution in [2.75, 3.05) is 25.1 Å². The first kappa shape index (κ1) is 18.6. The van der Waals surface area contributed by atoms with Gasteiger partial charge in [-0.2, -0.15) is 0 Å². The molecule has 0 unspecified atom stereocenters. The van der Waals surface area contributed by atoms with Crippen LogP contribution in [0.4, 0.5) is 10.2 Å². The normalized spacial score (nSPS) is 13.8. The third-order valence-corrected chi connectivity index (χ3v) is 5.28. The van der Waals surface area contributed by atoms with Gasteiger partial charge in [-0.25, -0.2) is 9.37 Å². The molecule has 1 N–H and O–H groups in total. The summed E-state index contributed by atoms with van der Waals surface area (Å²) in [7, 11) is 1.55. The van der Waals surface area contributed by atoms with Crippen molar-refractivity contribution in [2.45, 2.75) is 12.8 Å². The summed E-state index contributed by atoms with van der Waals surface area (Å²) < 4.78 is 19.2. The highest BCUT2D eigenvalue weighted by atomic mass is 35.5. The fraction of sp³-hybridized carbons (Fsp3) is 0.227. The first-order chi connectivity index (χ1) is 13.5. The van der Waals surface area contributed by atoms with Gasteiger partial charge in [0.05, 0.1) is 17.8 Å². The molecular weight excluding hydrogens is 379 g/mol. The Morgan fingerprint density at radius 3 is 2.50 bits per heavy atom. The van der Waals surface area contributed by atoms with Crippen LogP contribution in [0.25, 0.3) is 22.4 Å². The van der Waals surface area contributed by atoms with E-state index in [-0.39, 0.29) is 10.8 Å². The van der Waals surface area contributed by atoms with Crippen molar-refractivity contribution >= 4 is 17.4 Å². The highest BCUT2D eigenvalue weighted by Gasteiger charge is 2.18. The maximum atomic E-state index is 14.0. The second-order valence-corrected chi connectivity index (χ2v) is 7.21. The molecule has 1 fully saturated rings. The first-order valence-electron chi connectivity index (χ1n) is 9.15. The molecule has 4 rings (SSSR count). The number of benzene rings is 2. The van der Waals surface area contributed by atoms with Gasteiger partial charge in [-0.1, -0.05) is 17.7 Å². The number of phenolic OH excluding ortho intramolecular Hbond substituents is 1. The zero-order valence-corrected chi connectivity index (χ0v) is 16.2. The molecule has 4 nitrogen and oxygen atoms in total. The van der Waals surface area contributed by atoms with E-state index in [0.717, 1.165) is 37.3 Å². The summed E-state index contributed by atoms with van der Waals surface area (Å²) in [5.41, 5.74) is 2.74. The van der Waals surface area contributed by atoms with E-state index >= 15 is 0 Å². The number of nitrogens with zero attached hydrogens (tertiary/aromatic N) is 2. The molecule has 2 aromatic carbocycles. The number of pyridine rings is 1. The average Bonchev–Trinajstić information content (AvgIpc) is 3.24. The number of aromatic hydroxyl groups is 1. The van der Waals surface area contributed by atoms with Crippen molar-refractivity contribution < 1.29 is 14.2 Å². The smallest absolute Gasteiger partial charge is 0.142 e. The van der Waals surface area contributed by atoms with Gasteiger partial charge in [0.2, 0.25) is 0 Å². The number of methoxy groups -OCH3 is 1. The van der Waals surface area contributed by atoms with Crippen LogP contribution in [-0.4, -0.2) is 30.3 Å². The van der Waals surface area contributed by atoms with E-state index in [4.69, 9.17) is 21.3 Å². The van der Waals surface area contributed by atoms with Gasteiger partial charge in [0.1, 0.15) is 23.1 Å². The van der Waals surface area contributed by atoms with Crippen molar-refractivity contribution in [1.29, 1.82) is 0 Å². The van der Waals surface area contributed by atoms with Gasteiger partial charge < -0.3 is 14.7 Å². The first-order valence-corrected chi connectivity index (χ1v) is 9.53. The lowest BCUT2D eigenvalue weighted by Gasteiger charge is -2.19. The fourth-order valence-corrected chi connectivity index (χ4v) is 3.58. The van der Waals surface area contributed by atoms with Gasteiger partial charge in [0, 0.05) is 24.7 Å². The Balaban J connectivity index is 1.85. The number of rotatable bonds is 4. The van der Waals surface area contributed by atoms with Crippen molar-refractivity contribution in [2.24, 2.45) is 0 Å². The molecule has 6 heteroatoms. The van der Waals surface area contributed by atoms with Crippen LogP contribution >= 0.6 is 11.6 Å². The number of halogens is 2. The SMILES string of the molecule is COc1ccc(-c2cc(-c3ccc(Cl)c(F)c3)cc(N3CCCC3)n2)c(O)c1. The number of anilines is 1. The molecular formula is C22H20ClFN2O2. The monoisotopic (exact) mass is 398 g/mol. The summed E-state index contributed by atoms with van der Waals surface area (Å²) in [4.78, 5) is 6.98. The molecule has 1 aliphatic heterocycles. The second-order valence-electron chi connectivity index (χ2n) is 6.81. The lowest BCUT2D eigenvalue weighted by atomic mass is 10.0. The Morgan fingerprint density at radius 2 is 1.82 bits per heavy atom. The van der Waals surface area contributed by atoms with Gasteiger partial charge in [0.15, 0.2) is 0 Å². The molecule has 1 aliphatic rings. The number of aromatic nitrogens is 1. The predicted molar refractivity (Wildman–Crippen MR) is 110 cm³/mol. The van der Waals surface area contributed by atoms with E-state index in [1.807, 2.05) is 12.1 Å². The lowest BCUT2D eigenvalue weighted by molar-refractivity contribution is 0.408. The molecule has 144 valence electrons. The number of ether oxygens (including phenoxy) is 1. The molecule has 28 heavy (non-hydrogen) atoms. The minimum atomic E-state index is -0.465. The molecule has 0 radical (unpaired) electrons. The summed E-state index contributed by atoms with van der Waals surface area (Å²) in [6.07, 6.45) is 2.23. The minimum Gasteiger partial charge on any atom is -0.507 e. The predicted octanol–water partition coefficient (Wildman–Crippen LogP) is 5.52. The van der Waals surface area contributed by atoms with Crippen LogP contribution in [0.1, 0.15) is 12.8 Å². The van der Waals surface area contributed by atoms with Crippen molar-refractivity contribution in [3.05, 3.63) is 59.4 Å². The van der Waals surface area contributed by atoms with E-state index < -0.39 is 5.82 Å². The van der Waals surface area contributed by atoms with Crippen LogP contribution in [0.15, 0.2) is 48.5 Å². The number of phenols is 1. The summed E-state index contributed by atoms with van der Waals surface area (Å²) in [5, 5.41) is 10.6.